The van der Waals surface area contributed by atoms with Gasteiger partial charge < -0.3 is 15.2 Å². The molecule has 3 nitrogen and oxygen atoms in total. The molecule has 0 aromatic rings. The molecule has 0 amide bonds. The summed E-state index contributed by atoms with van der Waals surface area (Å²) in [5.41, 5.74) is 5.30. The highest BCUT2D eigenvalue weighted by molar-refractivity contribution is 4.62. The first-order valence-electron chi connectivity index (χ1n) is 3.83. The zero-order valence-electron chi connectivity index (χ0n) is 6.21. The summed E-state index contributed by atoms with van der Waals surface area (Å²) in [4.78, 5) is 0. The van der Waals surface area contributed by atoms with Crippen molar-refractivity contribution in [2.75, 3.05) is 26.4 Å². The van der Waals surface area contributed by atoms with Gasteiger partial charge in [-0.25, -0.2) is 0 Å². The number of hydrogen-bond acceptors (Lipinski definition) is 3. The van der Waals surface area contributed by atoms with E-state index in [1.165, 1.54) is 0 Å². The van der Waals surface area contributed by atoms with Crippen LogP contribution >= 0.6 is 0 Å². The van der Waals surface area contributed by atoms with Gasteiger partial charge in [-0.05, 0) is 19.4 Å². The van der Waals surface area contributed by atoms with E-state index in [-0.39, 0.29) is 0 Å². The van der Waals surface area contributed by atoms with Gasteiger partial charge in [-0.3, -0.25) is 0 Å². The van der Waals surface area contributed by atoms with E-state index in [0.29, 0.717) is 12.6 Å². The largest absolute Gasteiger partial charge is 0.379 e. The lowest BCUT2D eigenvalue weighted by Crippen LogP contribution is -2.14. The molecule has 10 heavy (non-hydrogen) atoms. The quantitative estimate of drug-likeness (QED) is 0.572. The van der Waals surface area contributed by atoms with Gasteiger partial charge >= 0.3 is 0 Å². The molecule has 0 spiro atoms. The lowest BCUT2D eigenvalue weighted by atomic mass is 10.3. The number of rotatable bonds is 4. The van der Waals surface area contributed by atoms with Crippen LogP contribution in [0.25, 0.3) is 0 Å². The van der Waals surface area contributed by atoms with Crippen LogP contribution in [0.4, 0.5) is 0 Å². The predicted molar refractivity (Wildman–Crippen MR) is 38.8 cm³/mol. The molecule has 1 rings (SSSR count). The molecule has 60 valence electrons. The number of hydrogen-bond donors (Lipinski definition) is 1. The monoisotopic (exact) mass is 145 g/mol. The van der Waals surface area contributed by atoms with E-state index >= 15 is 0 Å². The average Bonchev–Trinajstić information content (AvgIpc) is 2.41. The molecule has 1 fully saturated rings. The molecule has 0 aliphatic carbocycles. The lowest BCUT2D eigenvalue weighted by Gasteiger charge is -2.07. The Morgan fingerprint density at radius 1 is 1.60 bits per heavy atom. The van der Waals surface area contributed by atoms with Crippen molar-refractivity contribution in [1.82, 2.24) is 0 Å². The Kier molecular flexibility index (Phi) is 3.72. The van der Waals surface area contributed by atoms with Crippen LogP contribution in [-0.2, 0) is 9.47 Å². The first-order valence-corrected chi connectivity index (χ1v) is 3.83. The van der Waals surface area contributed by atoms with Crippen LogP contribution in [0, 0.1) is 0 Å². The highest BCUT2D eigenvalue weighted by atomic mass is 16.5. The maximum Gasteiger partial charge on any atom is 0.0830 e. The normalized spacial score (nSPS) is 25.5. The van der Waals surface area contributed by atoms with Gasteiger partial charge in [0.2, 0.25) is 0 Å². The second kappa shape index (κ2) is 4.66. The molecule has 1 saturated heterocycles. The fourth-order valence-electron chi connectivity index (χ4n) is 0.978. The number of nitrogens with two attached hydrogens (primary N) is 1. The minimum atomic E-state index is 0.339. The first kappa shape index (κ1) is 7.98. The first-order chi connectivity index (χ1) is 4.93. The van der Waals surface area contributed by atoms with Crippen LogP contribution in [0.3, 0.4) is 0 Å². The molecular weight excluding hydrogens is 130 g/mol. The van der Waals surface area contributed by atoms with Crippen LogP contribution in [0.1, 0.15) is 12.8 Å². The fraction of sp³-hybridized carbons (Fsp3) is 1.00. The van der Waals surface area contributed by atoms with Crippen LogP contribution in [0.5, 0.6) is 0 Å². The minimum absolute atomic E-state index is 0.339. The molecule has 0 bridgehead atoms. The van der Waals surface area contributed by atoms with Crippen molar-refractivity contribution < 1.29 is 9.47 Å². The Labute approximate surface area is 61.5 Å². The van der Waals surface area contributed by atoms with E-state index in [0.717, 1.165) is 32.7 Å². The minimum Gasteiger partial charge on any atom is -0.379 e. The van der Waals surface area contributed by atoms with Crippen LogP contribution in [0.2, 0.25) is 0 Å². The summed E-state index contributed by atoms with van der Waals surface area (Å²) in [5, 5.41) is 0. The van der Waals surface area contributed by atoms with E-state index in [4.69, 9.17) is 15.2 Å². The third-order valence-corrected chi connectivity index (χ3v) is 1.59. The van der Waals surface area contributed by atoms with Crippen molar-refractivity contribution in [2.45, 2.75) is 18.9 Å². The molecule has 0 aromatic carbocycles. The van der Waals surface area contributed by atoms with Gasteiger partial charge in [-0.2, -0.15) is 0 Å². The van der Waals surface area contributed by atoms with Crippen molar-refractivity contribution in [1.29, 1.82) is 0 Å². The molecule has 0 saturated carbocycles. The van der Waals surface area contributed by atoms with E-state index in [9.17, 15) is 0 Å². The molecule has 0 radical (unpaired) electrons. The SMILES string of the molecule is NCCCO[C@H]1CCOC1. The fourth-order valence-corrected chi connectivity index (χ4v) is 0.978. The van der Waals surface area contributed by atoms with Gasteiger partial charge in [0.05, 0.1) is 12.7 Å². The van der Waals surface area contributed by atoms with Crippen molar-refractivity contribution in [2.24, 2.45) is 5.73 Å². The summed E-state index contributed by atoms with van der Waals surface area (Å²) in [7, 11) is 0. The Balaban J connectivity index is 1.91. The van der Waals surface area contributed by atoms with Crippen molar-refractivity contribution >= 4 is 0 Å². The third-order valence-electron chi connectivity index (χ3n) is 1.59. The summed E-state index contributed by atoms with van der Waals surface area (Å²) < 4.78 is 10.6. The van der Waals surface area contributed by atoms with E-state index < -0.39 is 0 Å². The number of ether oxygens (including phenoxy) is 2. The Hall–Kier alpha value is -0.120. The van der Waals surface area contributed by atoms with Gasteiger partial charge in [0, 0.05) is 13.2 Å². The highest BCUT2D eigenvalue weighted by Gasteiger charge is 2.14. The van der Waals surface area contributed by atoms with Gasteiger partial charge in [-0.15, -0.1) is 0 Å². The Bertz CT molecular complexity index is 81.7. The van der Waals surface area contributed by atoms with Gasteiger partial charge in [0.15, 0.2) is 0 Å². The van der Waals surface area contributed by atoms with Crippen molar-refractivity contribution in [3.63, 3.8) is 0 Å². The molecule has 1 aliphatic heterocycles. The standard InChI is InChI=1S/C7H15NO2/c8-3-1-4-10-7-2-5-9-6-7/h7H,1-6,8H2/t7-/m0/s1. The zero-order chi connectivity index (χ0) is 7.23. The maximum atomic E-state index is 5.44. The molecule has 1 atom stereocenters. The topological polar surface area (TPSA) is 44.5 Å². The van der Waals surface area contributed by atoms with Crippen LogP contribution in [0.15, 0.2) is 0 Å². The summed E-state index contributed by atoms with van der Waals surface area (Å²) in [5.74, 6) is 0. The summed E-state index contributed by atoms with van der Waals surface area (Å²) >= 11 is 0. The summed E-state index contributed by atoms with van der Waals surface area (Å²) in [6.45, 7) is 3.12. The molecular formula is C7H15NO2. The molecule has 2 N–H and O–H groups in total. The second-order valence-electron chi connectivity index (χ2n) is 2.50. The molecule has 0 aromatic heterocycles. The molecule has 3 heteroatoms. The smallest absolute Gasteiger partial charge is 0.0830 e. The average molecular weight is 145 g/mol. The van der Waals surface area contributed by atoms with Gasteiger partial charge in [0.25, 0.3) is 0 Å². The predicted octanol–water partition coefficient (Wildman–Crippen LogP) is 0.141. The van der Waals surface area contributed by atoms with Crippen LogP contribution < -0.4 is 5.73 Å². The van der Waals surface area contributed by atoms with Gasteiger partial charge in [-0.1, -0.05) is 0 Å². The van der Waals surface area contributed by atoms with Gasteiger partial charge in [0.1, 0.15) is 0 Å². The highest BCUT2D eigenvalue weighted by Crippen LogP contribution is 2.07. The molecule has 1 heterocycles. The van der Waals surface area contributed by atoms with E-state index in [2.05, 4.69) is 0 Å². The van der Waals surface area contributed by atoms with Crippen molar-refractivity contribution in [3.05, 3.63) is 0 Å². The van der Waals surface area contributed by atoms with Crippen LogP contribution in [-0.4, -0.2) is 32.5 Å². The second-order valence-corrected chi connectivity index (χ2v) is 2.50. The van der Waals surface area contributed by atoms with Crippen molar-refractivity contribution in [3.8, 4) is 0 Å². The van der Waals surface area contributed by atoms with E-state index in [1.54, 1.807) is 0 Å². The molecule has 1 aliphatic rings. The Morgan fingerprint density at radius 3 is 3.10 bits per heavy atom. The molecule has 0 unspecified atom stereocenters. The summed E-state index contributed by atoms with van der Waals surface area (Å²) in [6, 6.07) is 0. The van der Waals surface area contributed by atoms with E-state index in [1.807, 2.05) is 0 Å². The zero-order valence-corrected chi connectivity index (χ0v) is 6.21. The lowest BCUT2D eigenvalue weighted by molar-refractivity contribution is 0.0424. The summed E-state index contributed by atoms with van der Waals surface area (Å²) in [6.07, 6.45) is 2.34. The maximum absolute atomic E-state index is 5.44. The Morgan fingerprint density at radius 2 is 2.50 bits per heavy atom. The third kappa shape index (κ3) is 2.64.